The molecule has 3 aliphatic heterocycles. The molecule has 7 rings (SSSR count). The lowest BCUT2D eigenvalue weighted by Gasteiger charge is -2.46. The van der Waals surface area contributed by atoms with Crippen molar-refractivity contribution < 1.29 is 43.2 Å². The molecule has 4 aromatic rings. The van der Waals surface area contributed by atoms with Crippen molar-refractivity contribution in [2.45, 2.75) is 29.6 Å². The summed E-state index contributed by atoms with van der Waals surface area (Å²) < 4.78 is 22.6. The van der Waals surface area contributed by atoms with E-state index in [4.69, 9.17) is 24.7 Å². The van der Waals surface area contributed by atoms with Crippen LogP contribution in [0.1, 0.15) is 40.4 Å². The van der Waals surface area contributed by atoms with E-state index in [0.29, 0.717) is 22.4 Å². The Hall–Kier alpha value is -5.56. The number of para-hydroxylation sites is 1. The first-order valence-electron chi connectivity index (χ1n) is 16.6. The highest BCUT2D eigenvalue weighted by atomic mass is 16.6. The number of morpholine rings is 1. The van der Waals surface area contributed by atoms with Crippen molar-refractivity contribution in [2.24, 2.45) is 11.7 Å². The van der Waals surface area contributed by atoms with Gasteiger partial charge in [-0.3, -0.25) is 19.3 Å². The minimum atomic E-state index is -1.92. The standard InChI is InChI=1S/C39H37N3O9/c1-48-21-22-50-38(47)41-29-18-9-8-17-28(29)39(37(41)46)30(35(40)44)32-36(45)51-33(25-13-6-3-7-14-25)31(24-11-4-2-5-12-24)42(32)34(39)26-15-10-16-27(23-26)49-20-19-43/h2-18,23,30-34,43H,19-22H2,1H3,(H2,40,44)/t30-,31-,32-,33+,34+,39-/m0/s1. The molecule has 6 atom stereocenters. The molecule has 3 N–H and O–H groups in total. The van der Waals surface area contributed by atoms with Crippen LogP contribution in [0.25, 0.3) is 0 Å². The van der Waals surface area contributed by atoms with Gasteiger partial charge in [0, 0.05) is 7.11 Å². The molecule has 0 bridgehead atoms. The van der Waals surface area contributed by atoms with Crippen molar-refractivity contribution in [1.82, 2.24) is 4.90 Å². The monoisotopic (exact) mass is 691 g/mol. The smallest absolute Gasteiger partial charge is 0.421 e. The molecule has 3 amide bonds. The van der Waals surface area contributed by atoms with Crippen LogP contribution in [-0.4, -0.2) is 73.5 Å². The molecule has 12 nitrogen and oxygen atoms in total. The Labute approximate surface area is 294 Å². The van der Waals surface area contributed by atoms with Crippen LogP contribution in [0.3, 0.4) is 0 Å². The Morgan fingerprint density at radius 2 is 1.49 bits per heavy atom. The number of carbonyl (C=O) groups excluding carboxylic acids is 4. The highest BCUT2D eigenvalue weighted by Gasteiger charge is 2.75. The molecule has 0 aromatic heterocycles. The summed E-state index contributed by atoms with van der Waals surface area (Å²) in [5.74, 6) is -3.53. The van der Waals surface area contributed by atoms with Crippen LogP contribution in [0.4, 0.5) is 10.5 Å². The van der Waals surface area contributed by atoms with E-state index in [2.05, 4.69) is 0 Å². The molecule has 2 fully saturated rings. The van der Waals surface area contributed by atoms with Crippen molar-refractivity contribution in [1.29, 1.82) is 0 Å². The number of imide groups is 1. The van der Waals surface area contributed by atoms with Crippen molar-refractivity contribution in [3.05, 3.63) is 131 Å². The fraction of sp³-hybridized carbons (Fsp3) is 0.282. The van der Waals surface area contributed by atoms with Gasteiger partial charge in [0.1, 0.15) is 36.5 Å². The molecule has 12 heteroatoms. The van der Waals surface area contributed by atoms with Gasteiger partial charge in [0.05, 0.1) is 36.9 Å². The van der Waals surface area contributed by atoms with Crippen molar-refractivity contribution in [2.75, 3.05) is 38.4 Å². The van der Waals surface area contributed by atoms with E-state index in [1.54, 1.807) is 48.5 Å². The third kappa shape index (κ3) is 5.52. The molecule has 51 heavy (non-hydrogen) atoms. The van der Waals surface area contributed by atoms with Crippen LogP contribution < -0.4 is 15.4 Å². The van der Waals surface area contributed by atoms with Gasteiger partial charge in [-0.2, -0.15) is 0 Å². The zero-order valence-corrected chi connectivity index (χ0v) is 27.8. The number of aliphatic hydroxyl groups is 1. The number of hydrogen-bond acceptors (Lipinski definition) is 10. The van der Waals surface area contributed by atoms with Crippen LogP contribution in [0.2, 0.25) is 0 Å². The Balaban J connectivity index is 1.53. The lowest BCUT2D eigenvalue weighted by Crippen LogP contribution is -2.55. The maximum atomic E-state index is 15.4. The molecular weight excluding hydrogens is 654 g/mol. The van der Waals surface area contributed by atoms with Crippen LogP contribution in [0, 0.1) is 5.92 Å². The summed E-state index contributed by atoms with van der Waals surface area (Å²) in [6, 6.07) is 29.1. The summed E-state index contributed by atoms with van der Waals surface area (Å²) in [7, 11) is 1.46. The molecule has 262 valence electrons. The molecule has 4 aromatic carbocycles. The van der Waals surface area contributed by atoms with E-state index in [-0.39, 0.29) is 32.1 Å². The maximum Gasteiger partial charge on any atom is 0.421 e. The zero-order chi connectivity index (χ0) is 35.7. The number of esters is 1. The third-order valence-corrected chi connectivity index (χ3v) is 9.90. The second kappa shape index (κ2) is 14.0. The number of amides is 3. The summed E-state index contributed by atoms with van der Waals surface area (Å²) in [6.07, 6.45) is -1.82. The minimum absolute atomic E-state index is 0.00736. The maximum absolute atomic E-state index is 15.4. The number of anilines is 1. The average molecular weight is 692 g/mol. The Bertz CT molecular complexity index is 1940. The summed E-state index contributed by atoms with van der Waals surface area (Å²) in [6.45, 7) is -0.262. The summed E-state index contributed by atoms with van der Waals surface area (Å²) in [5, 5.41) is 9.52. The van der Waals surface area contributed by atoms with E-state index < -0.39 is 59.4 Å². The number of cyclic esters (lactones) is 1. The SMILES string of the molecule is COCCOC(=O)N1C(=O)[C@@]2(c3ccccc31)[C@H](C(N)=O)[C@H]1C(=O)O[C@H](c3ccccc3)[C@H](c3ccccc3)N1[C@@H]2c1cccc(OCCO)c1. The van der Waals surface area contributed by atoms with Crippen molar-refractivity contribution >= 4 is 29.6 Å². The van der Waals surface area contributed by atoms with E-state index in [1.807, 2.05) is 65.6 Å². The first-order chi connectivity index (χ1) is 24.8. The number of methoxy groups -OCH3 is 1. The lowest BCUT2D eigenvalue weighted by molar-refractivity contribution is -0.178. The largest absolute Gasteiger partial charge is 0.491 e. The summed E-state index contributed by atoms with van der Waals surface area (Å²) >= 11 is 0. The fourth-order valence-electron chi connectivity index (χ4n) is 8.09. The predicted molar refractivity (Wildman–Crippen MR) is 183 cm³/mol. The number of fused-ring (bicyclic) bond motifs is 3. The highest BCUT2D eigenvalue weighted by molar-refractivity contribution is 6.23. The van der Waals surface area contributed by atoms with Gasteiger partial charge in [0.15, 0.2) is 0 Å². The molecule has 0 radical (unpaired) electrons. The molecular formula is C39H37N3O9. The highest BCUT2D eigenvalue weighted by Crippen LogP contribution is 2.65. The van der Waals surface area contributed by atoms with E-state index >= 15 is 4.79 Å². The van der Waals surface area contributed by atoms with Gasteiger partial charge in [0.25, 0.3) is 0 Å². The molecule has 3 aliphatic rings. The third-order valence-electron chi connectivity index (χ3n) is 9.90. The molecule has 0 aliphatic carbocycles. The van der Waals surface area contributed by atoms with Crippen molar-refractivity contribution in [3.63, 3.8) is 0 Å². The second-order valence-electron chi connectivity index (χ2n) is 12.6. The number of aliphatic hydroxyl groups excluding tert-OH is 1. The summed E-state index contributed by atoms with van der Waals surface area (Å²) in [4.78, 5) is 60.5. The molecule has 3 heterocycles. The molecule has 2 saturated heterocycles. The Morgan fingerprint density at radius 3 is 2.18 bits per heavy atom. The van der Waals surface area contributed by atoms with E-state index in [9.17, 15) is 19.5 Å². The number of nitrogens with two attached hydrogens (primary N) is 1. The second-order valence-corrected chi connectivity index (χ2v) is 12.6. The lowest BCUT2D eigenvalue weighted by atomic mass is 9.65. The van der Waals surface area contributed by atoms with E-state index in [1.165, 1.54) is 7.11 Å². The van der Waals surface area contributed by atoms with Gasteiger partial charge >= 0.3 is 12.1 Å². The first kappa shape index (κ1) is 33.9. The Kier molecular flexibility index (Phi) is 9.30. The van der Waals surface area contributed by atoms with Gasteiger partial charge in [-0.1, -0.05) is 91.0 Å². The summed E-state index contributed by atoms with van der Waals surface area (Å²) in [5.41, 5.74) is 6.90. The zero-order valence-electron chi connectivity index (χ0n) is 27.8. The van der Waals surface area contributed by atoms with Crippen LogP contribution >= 0.6 is 0 Å². The van der Waals surface area contributed by atoms with E-state index in [0.717, 1.165) is 10.5 Å². The van der Waals surface area contributed by atoms with Gasteiger partial charge in [-0.15, -0.1) is 0 Å². The quantitative estimate of drug-likeness (QED) is 0.184. The molecule has 0 saturated carbocycles. The fourth-order valence-corrected chi connectivity index (χ4v) is 8.09. The predicted octanol–water partition coefficient (Wildman–Crippen LogP) is 3.99. The number of primary amides is 1. The number of nitrogens with zero attached hydrogens (tertiary/aromatic N) is 2. The van der Waals surface area contributed by atoms with Gasteiger partial charge in [-0.25, -0.2) is 9.69 Å². The number of hydrogen-bond donors (Lipinski definition) is 2. The number of ether oxygens (including phenoxy) is 4. The van der Waals surface area contributed by atoms with Crippen LogP contribution in [0.5, 0.6) is 5.75 Å². The van der Waals surface area contributed by atoms with Gasteiger partial charge < -0.3 is 29.8 Å². The number of rotatable bonds is 10. The normalized spacial score (nSPS) is 25.3. The van der Waals surface area contributed by atoms with Crippen molar-refractivity contribution in [3.8, 4) is 5.75 Å². The number of carbonyl (C=O) groups is 4. The topological polar surface area (TPSA) is 158 Å². The van der Waals surface area contributed by atoms with Gasteiger partial charge in [-0.05, 0) is 40.5 Å². The van der Waals surface area contributed by atoms with Crippen LogP contribution in [-0.2, 0) is 34.0 Å². The first-order valence-corrected chi connectivity index (χ1v) is 16.6. The Morgan fingerprint density at radius 1 is 0.824 bits per heavy atom. The molecule has 1 spiro atoms. The van der Waals surface area contributed by atoms with Crippen LogP contribution in [0.15, 0.2) is 109 Å². The molecule has 0 unspecified atom stereocenters. The minimum Gasteiger partial charge on any atom is -0.491 e. The number of benzene rings is 4. The van der Waals surface area contributed by atoms with Gasteiger partial charge in [0.2, 0.25) is 11.8 Å². The average Bonchev–Trinajstić information content (AvgIpc) is 3.61.